The molecule has 4 nitrogen and oxygen atoms in total. The second-order valence-corrected chi connectivity index (χ2v) is 7.66. The maximum atomic E-state index is 13.4. The Morgan fingerprint density at radius 3 is 2.63 bits per heavy atom. The molecular weight excluding hydrogens is 368 g/mol. The first-order valence-corrected chi connectivity index (χ1v) is 9.58. The highest BCUT2D eigenvalue weighted by atomic mass is 32.1. The van der Waals surface area contributed by atoms with E-state index in [9.17, 15) is 13.6 Å². The zero-order chi connectivity index (χ0) is 19.6. The van der Waals surface area contributed by atoms with Gasteiger partial charge in [0.2, 0.25) is 0 Å². The van der Waals surface area contributed by atoms with E-state index in [0.29, 0.717) is 5.56 Å². The summed E-state index contributed by atoms with van der Waals surface area (Å²) in [5.41, 5.74) is 1.58. The van der Waals surface area contributed by atoms with E-state index >= 15 is 0 Å². The molecular formula is C20H22F2N3OS+. The number of quaternary nitrogens is 1. The Morgan fingerprint density at radius 2 is 1.93 bits per heavy atom. The van der Waals surface area contributed by atoms with Gasteiger partial charge in [0.15, 0.2) is 18.2 Å². The fourth-order valence-corrected chi connectivity index (χ4v) is 3.87. The van der Waals surface area contributed by atoms with E-state index in [-0.39, 0.29) is 24.5 Å². The Morgan fingerprint density at radius 1 is 1.19 bits per heavy atom. The Hall–Kier alpha value is -2.38. The third kappa shape index (κ3) is 4.31. The maximum Gasteiger partial charge on any atom is 0.278 e. The quantitative estimate of drug-likeness (QED) is 0.701. The lowest BCUT2D eigenvalue weighted by atomic mass is 10.1. The van der Waals surface area contributed by atoms with Gasteiger partial charge in [-0.3, -0.25) is 4.79 Å². The number of likely N-dealkylation sites (N-methyl/N-ethyl adjacent to an activating group) is 1. The predicted octanol–water partition coefficient (Wildman–Crippen LogP) is 3.42. The minimum atomic E-state index is -0.874. The molecule has 0 aliphatic heterocycles. The van der Waals surface area contributed by atoms with Crippen molar-refractivity contribution < 1.29 is 18.9 Å². The summed E-state index contributed by atoms with van der Waals surface area (Å²) in [5, 5.41) is 2.71. The molecule has 0 unspecified atom stereocenters. The SMILES string of the molecule is C[C@H](c1nc2ccccc2s1)N(C)C(=O)C[NH2+][C@H](C)c1ccc(F)c(F)c1. The number of carbonyl (C=O) groups is 1. The van der Waals surface area contributed by atoms with E-state index in [1.54, 1.807) is 23.3 Å². The number of carbonyl (C=O) groups excluding carboxylic acids is 1. The van der Waals surface area contributed by atoms with Gasteiger partial charge in [0, 0.05) is 12.6 Å². The van der Waals surface area contributed by atoms with Gasteiger partial charge in [-0.1, -0.05) is 12.1 Å². The van der Waals surface area contributed by atoms with Gasteiger partial charge in [-0.05, 0) is 44.2 Å². The van der Waals surface area contributed by atoms with Gasteiger partial charge in [-0.25, -0.2) is 13.8 Å². The van der Waals surface area contributed by atoms with Crippen LogP contribution in [0.1, 0.15) is 36.5 Å². The first-order chi connectivity index (χ1) is 12.9. The lowest BCUT2D eigenvalue weighted by Crippen LogP contribution is -2.87. The third-order valence-corrected chi connectivity index (χ3v) is 5.96. The molecule has 2 N–H and O–H groups in total. The molecule has 0 saturated heterocycles. The number of nitrogens with zero attached hydrogens (tertiary/aromatic N) is 2. The largest absolute Gasteiger partial charge is 0.333 e. The minimum absolute atomic E-state index is 0.0452. The van der Waals surface area contributed by atoms with Gasteiger partial charge in [0.05, 0.1) is 16.3 Å². The summed E-state index contributed by atoms with van der Waals surface area (Å²) in [5.74, 6) is -1.79. The third-order valence-electron chi connectivity index (χ3n) is 4.76. The average molecular weight is 390 g/mol. The van der Waals surface area contributed by atoms with Crippen molar-refractivity contribution in [3.63, 3.8) is 0 Å². The molecule has 1 aromatic heterocycles. The second kappa shape index (κ2) is 8.10. The van der Waals surface area contributed by atoms with E-state index in [0.717, 1.165) is 21.3 Å². The second-order valence-electron chi connectivity index (χ2n) is 6.60. The van der Waals surface area contributed by atoms with Crippen molar-refractivity contribution in [2.45, 2.75) is 25.9 Å². The van der Waals surface area contributed by atoms with Gasteiger partial charge < -0.3 is 10.2 Å². The number of rotatable bonds is 6. The average Bonchev–Trinajstić information content (AvgIpc) is 3.11. The van der Waals surface area contributed by atoms with Gasteiger partial charge in [0.25, 0.3) is 5.91 Å². The number of hydrogen-bond acceptors (Lipinski definition) is 3. The lowest BCUT2D eigenvalue weighted by molar-refractivity contribution is -0.683. The Labute approximate surface area is 160 Å². The number of para-hydroxylation sites is 1. The molecule has 0 spiro atoms. The van der Waals surface area contributed by atoms with Crippen LogP contribution in [0.4, 0.5) is 8.78 Å². The lowest BCUT2D eigenvalue weighted by Gasteiger charge is -2.23. The first kappa shape index (κ1) is 19.4. The van der Waals surface area contributed by atoms with Crippen LogP contribution in [0, 0.1) is 11.6 Å². The fourth-order valence-electron chi connectivity index (χ4n) is 2.80. The normalized spacial score (nSPS) is 13.5. The first-order valence-electron chi connectivity index (χ1n) is 8.76. The number of benzene rings is 2. The molecule has 142 valence electrons. The monoisotopic (exact) mass is 390 g/mol. The highest BCUT2D eigenvalue weighted by Gasteiger charge is 2.22. The van der Waals surface area contributed by atoms with E-state index < -0.39 is 11.6 Å². The molecule has 0 radical (unpaired) electrons. The van der Waals surface area contributed by atoms with Crippen molar-refractivity contribution in [3.05, 3.63) is 64.7 Å². The van der Waals surface area contributed by atoms with Crippen LogP contribution in [-0.4, -0.2) is 29.4 Å². The standard InChI is InChI=1S/C20H21F2N3OS/c1-12(14-8-9-15(21)16(22)10-14)23-11-19(26)25(3)13(2)20-24-17-6-4-5-7-18(17)27-20/h4-10,12-13,23H,11H2,1-3H3/p+1/t12-,13-/m1/s1. The zero-order valence-electron chi connectivity index (χ0n) is 15.4. The van der Waals surface area contributed by atoms with Crippen molar-refractivity contribution >= 4 is 27.5 Å². The van der Waals surface area contributed by atoms with Gasteiger partial charge in [0.1, 0.15) is 11.0 Å². The van der Waals surface area contributed by atoms with E-state index in [2.05, 4.69) is 4.98 Å². The van der Waals surface area contributed by atoms with Crippen molar-refractivity contribution in [1.29, 1.82) is 0 Å². The Kier molecular flexibility index (Phi) is 5.82. The number of thiazole rings is 1. The van der Waals surface area contributed by atoms with Crippen molar-refractivity contribution in [2.24, 2.45) is 0 Å². The number of amides is 1. The topological polar surface area (TPSA) is 49.8 Å². The number of aromatic nitrogens is 1. The summed E-state index contributed by atoms with van der Waals surface area (Å²) in [7, 11) is 1.76. The molecule has 7 heteroatoms. The molecule has 1 amide bonds. The Bertz CT molecular complexity index is 926. The van der Waals surface area contributed by atoms with E-state index in [4.69, 9.17) is 0 Å². The fraction of sp³-hybridized carbons (Fsp3) is 0.300. The van der Waals surface area contributed by atoms with Crippen LogP contribution in [0.5, 0.6) is 0 Å². The molecule has 0 bridgehead atoms. The van der Waals surface area contributed by atoms with E-state index in [1.807, 2.05) is 43.4 Å². The molecule has 0 aliphatic carbocycles. The van der Waals surface area contributed by atoms with Gasteiger partial charge >= 0.3 is 0 Å². The van der Waals surface area contributed by atoms with Crippen molar-refractivity contribution in [2.75, 3.05) is 13.6 Å². The number of halogens is 2. The minimum Gasteiger partial charge on any atom is -0.333 e. The summed E-state index contributed by atoms with van der Waals surface area (Å²) < 4.78 is 27.5. The molecule has 0 saturated carbocycles. The molecule has 27 heavy (non-hydrogen) atoms. The highest BCUT2D eigenvalue weighted by Crippen LogP contribution is 2.28. The van der Waals surface area contributed by atoms with E-state index in [1.165, 1.54) is 12.1 Å². The summed E-state index contributed by atoms with van der Waals surface area (Å²) in [6.45, 7) is 4.03. The van der Waals surface area contributed by atoms with Gasteiger partial charge in [-0.15, -0.1) is 11.3 Å². The van der Waals surface area contributed by atoms with Crippen LogP contribution in [0.25, 0.3) is 10.2 Å². The van der Waals surface area contributed by atoms with Crippen LogP contribution < -0.4 is 5.32 Å². The van der Waals surface area contributed by atoms with Crippen LogP contribution >= 0.6 is 11.3 Å². The predicted molar refractivity (Wildman–Crippen MR) is 102 cm³/mol. The smallest absolute Gasteiger partial charge is 0.278 e. The molecule has 3 aromatic rings. The van der Waals surface area contributed by atoms with Crippen molar-refractivity contribution in [3.8, 4) is 0 Å². The van der Waals surface area contributed by atoms with Crippen LogP contribution in [-0.2, 0) is 4.79 Å². The summed E-state index contributed by atoms with van der Waals surface area (Å²) in [4.78, 5) is 18.9. The summed E-state index contributed by atoms with van der Waals surface area (Å²) >= 11 is 1.58. The molecule has 0 fully saturated rings. The molecule has 0 aliphatic rings. The zero-order valence-corrected chi connectivity index (χ0v) is 16.3. The molecule has 1 heterocycles. The summed E-state index contributed by atoms with van der Waals surface area (Å²) in [6.07, 6.45) is 0. The number of hydrogen-bond donors (Lipinski definition) is 1. The number of fused-ring (bicyclic) bond motifs is 1. The van der Waals surface area contributed by atoms with Crippen LogP contribution in [0.15, 0.2) is 42.5 Å². The van der Waals surface area contributed by atoms with Gasteiger partial charge in [-0.2, -0.15) is 0 Å². The van der Waals surface area contributed by atoms with Crippen LogP contribution in [0.2, 0.25) is 0 Å². The highest BCUT2D eigenvalue weighted by molar-refractivity contribution is 7.18. The van der Waals surface area contributed by atoms with Crippen LogP contribution in [0.3, 0.4) is 0 Å². The molecule has 3 rings (SSSR count). The Balaban J connectivity index is 1.61. The molecule has 2 aromatic carbocycles. The maximum absolute atomic E-state index is 13.4. The summed E-state index contributed by atoms with van der Waals surface area (Å²) in [6, 6.07) is 11.4. The molecule has 2 atom stereocenters. The van der Waals surface area contributed by atoms with Crippen molar-refractivity contribution in [1.82, 2.24) is 9.88 Å². The number of nitrogens with two attached hydrogens (primary N) is 1.